The van der Waals surface area contributed by atoms with E-state index in [2.05, 4.69) is 56.2 Å². The molecule has 0 bridgehead atoms. The van der Waals surface area contributed by atoms with Crippen molar-refractivity contribution in [2.75, 3.05) is 13.2 Å². The number of rotatable bonds is 6. The number of ether oxygens (including phenoxy) is 1. The Hall–Kier alpha value is -1.45. The minimum absolute atomic E-state index is 0.135. The van der Waals surface area contributed by atoms with Crippen LogP contribution in [-0.2, 0) is 4.74 Å². The minimum Gasteiger partial charge on any atom is -0.374 e. The van der Waals surface area contributed by atoms with Crippen molar-refractivity contribution in [3.8, 4) is 0 Å². The molecule has 0 aliphatic carbocycles. The summed E-state index contributed by atoms with van der Waals surface area (Å²) in [4.78, 5) is 4.39. The van der Waals surface area contributed by atoms with Crippen molar-refractivity contribution in [2.45, 2.75) is 45.8 Å². The van der Waals surface area contributed by atoms with Gasteiger partial charge in [-0.25, -0.2) is 0 Å². The molecule has 114 valence electrons. The van der Waals surface area contributed by atoms with Crippen molar-refractivity contribution in [3.63, 3.8) is 0 Å². The van der Waals surface area contributed by atoms with Crippen molar-refractivity contribution < 1.29 is 4.74 Å². The zero-order chi connectivity index (χ0) is 15.3. The molecule has 0 saturated heterocycles. The first-order chi connectivity index (χ1) is 10.0. The summed E-state index contributed by atoms with van der Waals surface area (Å²) in [6, 6.07) is 8.56. The normalized spacial score (nSPS) is 13.5. The van der Waals surface area contributed by atoms with Crippen molar-refractivity contribution >= 4 is 10.8 Å². The van der Waals surface area contributed by atoms with E-state index in [9.17, 15) is 0 Å². The maximum Gasteiger partial charge on any atom is 0.0669 e. The van der Waals surface area contributed by atoms with Gasteiger partial charge < -0.3 is 10.1 Å². The highest BCUT2D eigenvalue weighted by Gasteiger charge is 2.18. The highest BCUT2D eigenvalue weighted by Crippen LogP contribution is 2.24. The number of hydrogen-bond acceptors (Lipinski definition) is 3. The molecule has 1 unspecified atom stereocenters. The summed E-state index contributed by atoms with van der Waals surface area (Å²) in [7, 11) is 0. The van der Waals surface area contributed by atoms with Gasteiger partial charge in [0.05, 0.1) is 18.2 Å². The van der Waals surface area contributed by atoms with Gasteiger partial charge in [-0.3, -0.25) is 4.98 Å². The Labute approximate surface area is 127 Å². The molecule has 1 aromatic carbocycles. The highest BCUT2D eigenvalue weighted by atomic mass is 16.5. The van der Waals surface area contributed by atoms with Crippen molar-refractivity contribution in [3.05, 3.63) is 42.2 Å². The van der Waals surface area contributed by atoms with E-state index in [0.717, 1.165) is 13.0 Å². The van der Waals surface area contributed by atoms with Crippen LogP contribution < -0.4 is 5.32 Å². The van der Waals surface area contributed by atoms with Gasteiger partial charge in [-0.15, -0.1) is 0 Å². The van der Waals surface area contributed by atoms with Crippen LogP contribution in [0.2, 0.25) is 0 Å². The lowest BCUT2D eigenvalue weighted by Gasteiger charge is -2.26. The van der Waals surface area contributed by atoms with Gasteiger partial charge >= 0.3 is 0 Å². The summed E-state index contributed by atoms with van der Waals surface area (Å²) in [5.41, 5.74) is 1.08. The molecule has 0 aliphatic rings. The lowest BCUT2D eigenvalue weighted by atomic mass is 10.0. The van der Waals surface area contributed by atoms with Crippen molar-refractivity contribution in [1.29, 1.82) is 0 Å². The van der Waals surface area contributed by atoms with Gasteiger partial charge in [-0.2, -0.15) is 0 Å². The van der Waals surface area contributed by atoms with Gasteiger partial charge in [-0.05, 0) is 44.7 Å². The minimum atomic E-state index is -0.135. The second-order valence-electron chi connectivity index (χ2n) is 6.38. The monoisotopic (exact) mass is 286 g/mol. The van der Waals surface area contributed by atoms with Gasteiger partial charge in [0.25, 0.3) is 0 Å². The van der Waals surface area contributed by atoms with Crippen molar-refractivity contribution in [1.82, 2.24) is 10.3 Å². The Bertz CT molecular complexity index is 569. The van der Waals surface area contributed by atoms with E-state index in [4.69, 9.17) is 4.74 Å². The van der Waals surface area contributed by atoms with Crippen LogP contribution in [0, 0.1) is 0 Å². The summed E-state index contributed by atoms with van der Waals surface area (Å²) in [6.07, 6.45) is 4.98. The number of aromatic nitrogens is 1. The molecule has 0 spiro atoms. The van der Waals surface area contributed by atoms with E-state index in [0.29, 0.717) is 6.61 Å². The first kappa shape index (κ1) is 15.9. The van der Waals surface area contributed by atoms with Crippen molar-refractivity contribution in [2.24, 2.45) is 0 Å². The summed E-state index contributed by atoms with van der Waals surface area (Å²) >= 11 is 0. The fourth-order valence-corrected chi connectivity index (χ4v) is 2.33. The fraction of sp³-hybridized carbons (Fsp3) is 0.500. The van der Waals surface area contributed by atoms with Crippen LogP contribution in [0.3, 0.4) is 0 Å². The lowest BCUT2D eigenvalue weighted by molar-refractivity contribution is -0.0146. The second-order valence-corrected chi connectivity index (χ2v) is 6.38. The Morgan fingerprint density at radius 1 is 1.19 bits per heavy atom. The predicted octanol–water partition coefficient (Wildman–Crippen LogP) is 4.09. The Kier molecular flexibility index (Phi) is 5.32. The smallest absolute Gasteiger partial charge is 0.0669 e. The molecule has 0 saturated carbocycles. The summed E-state index contributed by atoms with van der Waals surface area (Å²) < 4.78 is 6.00. The standard InChI is InChI=1S/C18H26N2O/c1-5-10-20-17(13-21-18(2,3)4)16-12-19-11-14-8-6-7-9-15(14)16/h6-9,11-12,17,20H,5,10,13H2,1-4H3. The molecular formula is C18H26N2O. The Morgan fingerprint density at radius 3 is 2.67 bits per heavy atom. The van der Waals surface area contributed by atoms with E-state index in [-0.39, 0.29) is 11.6 Å². The average molecular weight is 286 g/mol. The predicted molar refractivity (Wildman–Crippen MR) is 88.5 cm³/mol. The Morgan fingerprint density at radius 2 is 1.95 bits per heavy atom. The van der Waals surface area contributed by atoms with Crippen LogP contribution in [0.4, 0.5) is 0 Å². The third-order valence-electron chi connectivity index (χ3n) is 3.40. The molecule has 3 nitrogen and oxygen atoms in total. The maximum atomic E-state index is 6.00. The van der Waals surface area contributed by atoms with E-state index in [1.54, 1.807) is 0 Å². The van der Waals surface area contributed by atoms with Crippen LogP contribution in [-0.4, -0.2) is 23.7 Å². The van der Waals surface area contributed by atoms with Gasteiger partial charge in [0.1, 0.15) is 0 Å². The van der Waals surface area contributed by atoms with E-state index in [1.165, 1.54) is 16.3 Å². The first-order valence-corrected chi connectivity index (χ1v) is 7.71. The van der Waals surface area contributed by atoms with Crippen LogP contribution in [0.1, 0.15) is 45.7 Å². The molecule has 2 aromatic rings. The largest absolute Gasteiger partial charge is 0.374 e. The molecule has 1 atom stereocenters. The highest BCUT2D eigenvalue weighted by molar-refractivity contribution is 5.85. The summed E-state index contributed by atoms with van der Waals surface area (Å²) in [5, 5.41) is 6.01. The number of nitrogens with zero attached hydrogens (tertiary/aromatic N) is 1. The van der Waals surface area contributed by atoms with Gasteiger partial charge in [0.2, 0.25) is 0 Å². The first-order valence-electron chi connectivity index (χ1n) is 7.71. The summed E-state index contributed by atoms with van der Waals surface area (Å²) in [5.74, 6) is 0. The molecule has 0 amide bonds. The summed E-state index contributed by atoms with van der Waals surface area (Å²) in [6.45, 7) is 10.1. The molecule has 1 N–H and O–H groups in total. The molecule has 1 heterocycles. The van der Waals surface area contributed by atoms with Crippen LogP contribution in [0.25, 0.3) is 10.8 Å². The average Bonchev–Trinajstić information content (AvgIpc) is 2.46. The van der Waals surface area contributed by atoms with E-state index < -0.39 is 0 Å². The van der Waals surface area contributed by atoms with E-state index in [1.807, 2.05) is 18.5 Å². The lowest BCUT2D eigenvalue weighted by Crippen LogP contribution is -2.31. The van der Waals surface area contributed by atoms with Gasteiger partial charge in [0, 0.05) is 17.8 Å². The molecule has 0 aliphatic heterocycles. The van der Waals surface area contributed by atoms with E-state index >= 15 is 0 Å². The molecule has 21 heavy (non-hydrogen) atoms. The third kappa shape index (κ3) is 4.51. The molecule has 0 fully saturated rings. The number of hydrogen-bond donors (Lipinski definition) is 1. The zero-order valence-electron chi connectivity index (χ0n) is 13.5. The second kappa shape index (κ2) is 7.01. The van der Waals surface area contributed by atoms with Crippen LogP contribution in [0.5, 0.6) is 0 Å². The van der Waals surface area contributed by atoms with Crippen LogP contribution >= 0.6 is 0 Å². The number of pyridine rings is 1. The van der Waals surface area contributed by atoms with Gasteiger partial charge in [0.15, 0.2) is 0 Å². The molecule has 0 radical (unpaired) electrons. The Balaban J connectivity index is 2.29. The maximum absolute atomic E-state index is 6.00. The SMILES string of the molecule is CCCNC(COC(C)(C)C)c1cncc2ccccc12. The van der Waals surface area contributed by atoms with Gasteiger partial charge in [-0.1, -0.05) is 31.2 Å². The fourth-order valence-electron chi connectivity index (χ4n) is 2.33. The quantitative estimate of drug-likeness (QED) is 0.868. The zero-order valence-corrected chi connectivity index (χ0v) is 13.5. The number of benzene rings is 1. The van der Waals surface area contributed by atoms with Crippen LogP contribution in [0.15, 0.2) is 36.7 Å². The molecular weight excluding hydrogens is 260 g/mol. The number of fused-ring (bicyclic) bond motifs is 1. The molecule has 1 aromatic heterocycles. The third-order valence-corrected chi connectivity index (χ3v) is 3.40. The molecule has 2 rings (SSSR count). The topological polar surface area (TPSA) is 34.1 Å². The molecule has 3 heteroatoms. The number of nitrogens with one attached hydrogen (secondary N) is 1.